The van der Waals surface area contributed by atoms with E-state index < -0.39 is 27.2 Å². The summed E-state index contributed by atoms with van der Waals surface area (Å²) in [6.07, 6.45) is 2.30. The second-order valence-corrected chi connectivity index (χ2v) is 10.3. The van der Waals surface area contributed by atoms with Crippen molar-refractivity contribution in [2.75, 3.05) is 17.5 Å². The molecular weight excluding hydrogens is 501 g/mol. The van der Waals surface area contributed by atoms with E-state index in [0.717, 1.165) is 11.8 Å². The van der Waals surface area contributed by atoms with Gasteiger partial charge in [0.25, 0.3) is 11.5 Å². The fourth-order valence-electron chi connectivity index (χ4n) is 3.34. The summed E-state index contributed by atoms with van der Waals surface area (Å²) in [5.41, 5.74) is 1.40. The Morgan fingerprint density at radius 3 is 2.35 bits per heavy atom. The number of amides is 1. The molecule has 11 heteroatoms. The smallest absolute Gasteiger partial charge is 0.293 e. The van der Waals surface area contributed by atoms with E-state index in [1.54, 1.807) is 24.3 Å². The fraction of sp³-hybridized carbons (Fsp3) is 0.217. The average Bonchev–Trinajstić information content (AvgIpc) is 2.77. The van der Waals surface area contributed by atoms with Gasteiger partial charge in [0.15, 0.2) is 5.75 Å². The van der Waals surface area contributed by atoms with Crippen molar-refractivity contribution < 1.29 is 18.3 Å². The molecule has 0 fully saturated rings. The van der Waals surface area contributed by atoms with Crippen molar-refractivity contribution in [1.29, 1.82) is 0 Å². The molecular formula is C23H23Cl2N3O5S. The molecule has 0 aliphatic rings. The van der Waals surface area contributed by atoms with Gasteiger partial charge in [-0.2, -0.15) is 0 Å². The third-order valence-electron chi connectivity index (χ3n) is 5.05. The Labute approximate surface area is 207 Å². The van der Waals surface area contributed by atoms with E-state index in [1.807, 2.05) is 6.07 Å². The zero-order valence-corrected chi connectivity index (χ0v) is 20.8. The lowest BCUT2D eigenvalue weighted by Crippen LogP contribution is -2.28. The van der Waals surface area contributed by atoms with Gasteiger partial charge in [0.2, 0.25) is 10.0 Å². The standard InChI is InChI=1S/C23H23Cl2N3O5S/c1-28-20(15-6-8-16(9-7-15)27-34(2,32)33)13-17(21(29)23(28)31)22(30)26-11-3-4-14-5-10-18(24)19(25)12-14/h5-10,12-13,27,29H,3-4,11H2,1-2H3,(H,26,30). The van der Waals surface area contributed by atoms with Gasteiger partial charge in [-0.25, -0.2) is 8.42 Å². The lowest BCUT2D eigenvalue weighted by Gasteiger charge is -2.13. The number of pyridine rings is 1. The van der Waals surface area contributed by atoms with Crippen LogP contribution in [0.2, 0.25) is 10.0 Å². The molecule has 0 aliphatic heterocycles. The van der Waals surface area contributed by atoms with Crippen molar-refractivity contribution in [3.05, 3.63) is 80.1 Å². The number of hydrogen-bond acceptors (Lipinski definition) is 5. The second kappa shape index (κ2) is 10.5. The minimum atomic E-state index is -3.43. The highest BCUT2D eigenvalue weighted by molar-refractivity contribution is 7.92. The maximum absolute atomic E-state index is 12.7. The topological polar surface area (TPSA) is 118 Å². The van der Waals surface area contributed by atoms with Crippen LogP contribution >= 0.6 is 23.2 Å². The molecule has 34 heavy (non-hydrogen) atoms. The van der Waals surface area contributed by atoms with Crippen LogP contribution in [-0.2, 0) is 23.5 Å². The lowest BCUT2D eigenvalue weighted by molar-refractivity contribution is 0.0950. The average molecular weight is 524 g/mol. The zero-order valence-electron chi connectivity index (χ0n) is 18.4. The summed E-state index contributed by atoms with van der Waals surface area (Å²) in [5, 5.41) is 13.9. The van der Waals surface area contributed by atoms with Gasteiger partial charge in [0, 0.05) is 19.3 Å². The number of nitrogens with zero attached hydrogens (tertiary/aromatic N) is 1. The molecule has 8 nitrogen and oxygen atoms in total. The number of aryl methyl sites for hydroxylation is 1. The van der Waals surface area contributed by atoms with Gasteiger partial charge in [-0.15, -0.1) is 0 Å². The van der Waals surface area contributed by atoms with Crippen LogP contribution in [0.4, 0.5) is 5.69 Å². The number of aromatic hydroxyl groups is 1. The van der Waals surface area contributed by atoms with Crippen molar-refractivity contribution in [3.63, 3.8) is 0 Å². The molecule has 0 radical (unpaired) electrons. The summed E-state index contributed by atoms with van der Waals surface area (Å²) in [6.45, 7) is 0.314. The van der Waals surface area contributed by atoms with Crippen molar-refractivity contribution in [1.82, 2.24) is 9.88 Å². The molecule has 0 unspecified atom stereocenters. The lowest BCUT2D eigenvalue weighted by atomic mass is 10.1. The van der Waals surface area contributed by atoms with E-state index in [0.29, 0.717) is 46.4 Å². The fourth-order valence-corrected chi connectivity index (χ4v) is 4.23. The summed E-state index contributed by atoms with van der Waals surface area (Å²) in [5.74, 6) is -1.23. The molecule has 0 aliphatic carbocycles. The molecule has 1 aromatic heterocycles. The van der Waals surface area contributed by atoms with E-state index >= 15 is 0 Å². The minimum Gasteiger partial charge on any atom is -0.502 e. The van der Waals surface area contributed by atoms with Crippen molar-refractivity contribution in [3.8, 4) is 17.0 Å². The largest absolute Gasteiger partial charge is 0.502 e. The first-order valence-electron chi connectivity index (χ1n) is 10.2. The Bertz CT molecular complexity index is 1390. The summed E-state index contributed by atoms with van der Waals surface area (Å²) in [4.78, 5) is 25.2. The van der Waals surface area contributed by atoms with Crippen LogP contribution in [0.1, 0.15) is 22.3 Å². The third kappa shape index (κ3) is 6.31. The van der Waals surface area contributed by atoms with E-state index in [4.69, 9.17) is 23.2 Å². The molecule has 0 saturated carbocycles. The quantitative estimate of drug-likeness (QED) is 0.388. The van der Waals surface area contributed by atoms with Crippen LogP contribution in [0.3, 0.4) is 0 Å². The Morgan fingerprint density at radius 2 is 1.74 bits per heavy atom. The second-order valence-electron chi connectivity index (χ2n) is 7.72. The number of carbonyl (C=O) groups excluding carboxylic acids is 1. The molecule has 1 heterocycles. The molecule has 0 bridgehead atoms. The number of hydrogen-bond donors (Lipinski definition) is 3. The molecule has 180 valence electrons. The Hall–Kier alpha value is -3.01. The Kier molecular flexibility index (Phi) is 7.91. The van der Waals surface area contributed by atoms with Crippen molar-refractivity contribution in [2.24, 2.45) is 7.05 Å². The summed E-state index contributed by atoms with van der Waals surface area (Å²) < 4.78 is 26.4. The molecule has 3 aromatic rings. The number of aromatic nitrogens is 1. The monoisotopic (exact) mass is 523 g/mol. The molecule has 3 rings (SSSR count). The predicted octanol–water partition coefficient (Wildman–Crippen LogP) is 3.80. The number of halogens is 2. The normalized spacial score (nSPS) is 11.3. The number of carbonyl (C=O) groups is 1. The first-order valence-corrected chi connectivity index (χ1v) is 12.8. The first-order chi connectivity index (χ1) is 16.0. The van der Waals surface area contributed by atoms with Gasteiger partial charge in [-0.3, -0.25) is 14.3 Å². The molecule has 0 spiro atoms. The maximum Gasteiger partial charge on any atom is 0.293 e. The van der Waals surface area contributed by atoms with Gasteiger partial charge >= 0.3 is 0 Å². The molecule has 3 N–H and O–H groups in total. The van der Waals surface area contributed by atoms with Gasteiger partial charge < -0.3 is 15.0 Å². The van der Waals surface area contributed by atoms with E-state index in [1.165, 1.54) is 29.8 Å². The zero-order chi connectivity index (χ0) is 25.0. The summed E-state index contributed by atoms with van der Waals surface area (Å²) >= 11 is 11.9. The van der Waals surface area contributed by atoms with E-state index in [9.17, 15) is 23.1 Å². The van der Waals surface area contributed by atoms with Crippen LogP contribution < -0.4 is 15.6 Å². The van der Waals surface area contributed by atoms with E-state index in [-0.39, 0.29) is 5.56 Å². The minimum absolute atomic E-state index is 0.147. The van der Waals surface area contributed by atoms with E-state index in [2.05, 4.69) is 10.0 Å². The van der Waals surface area contributed by atoms with Gasteiger partial charge in [0.05, 0.1) is 27.6 Å². The molecule has 2 aromatic carbocycles. The summed E-state index contributed by atoms with van der Waals surface area (Å²) in [6, 6.07) is 13.0. The highest BCUT2D eigenvalue weighted by atomic mass is 35.5. The van der Waals surface area contributed by atoms with Crippen LogP contribution in [0, 0.1) is 0 Å². The van der Waals surface area contributed by atoms with Crippen LogP contribution in [0.25, 0.3) is 11.3 Å². The number of sulfonamides is 1. The van der Waals surface area contributed by atoms with Crippen LogP contribution in [0.15, 0.2) is 53.3 Å². The summed E-state index contributed by atoms with van der Waals surface area (Å²) in [7, 11) is -1.96. The molecule has 0 atom stereocenters. The highest BCUT2D eigenvalue weighted by Crippen LogP contribution is 2.25. The number of nitrogens with one attached hydrogen (secondary N) is 2. The van der Waals surface area contributed by atoms with Gasteiger partial charge in [0.1, 0.15) is 0 Å². The molecule has 1 amide bonds. The predicted molar refractivity (Wildman–Crippen MR) is 134 cm³/mol. The highest BCUT2D eigenvalue weighted by Gasteiger charge is 2.19. The van der Waals surface area contributed by atoms with Gasteiger partial charge in [-0.05, 0) is 54.3 Å². The number of anilines is 1. The Morgan fingerprint density at radius 1 is 1.06 bits per heavy atom. The van der Waals surface area contributed by atoms with Crippen molar-refractivity contribution in [2.45, 2.75) is 12.8 Å². The van der Waals surface area contributed by atoms with Crippen molar-refractivity contribution >= 4 is 44.8 Å². The SMILES string of the molecule is Cn1c(-c2ccc(NS(C)(=O)=O)cc2)cc(C(=O)NCCCc2ccc(Cl)c(Cl)c2)c(O)c1=O. The molecule has 0 saturated heterocycles. The third-order valence-corrected chi connectivity index (χ3v) is 6.39. The number of rotatable bonds is 8. The van der Waals surface area contributed by atoms with Gasteiger partial charge in [-0.1, -0.05) is 41.4 Å². The number of benzene rings is 2. The Balaban J connectivity index is 1.74. The van der Waals surface area contributed by atoms with Crippen LogP contribution in [0.5, 0.6) is 5.75 Å². The maximum atomic E-state index is 12.7. The van der Waals surface area contributed by atoms with Crippen LogP contribution in [-0.4, -0.2) is 36.8 Å². The first kappa shape index (κ1) is 25.6.